The second kappa shape index (κ2) is 8.43. The van der Waals surface area contributed by atoms with Gasteiger partial charge in [-0.1, -0.05) is 5.92 Å². The van der Waals surface area contributed by atoms with E-state index in [1.165, 1.54) is 0 Å². The van der Waals surface area contributed by atoms with Crippen molar-refractivity contribution in [1.29, 1.82) is 0 Å². The van der Waals surface area contributed by atoms with Crippen molar-refractivity contribution in [2.75, 3.05) is 6.54 Å². The van der Waals surface area contributed by atoms with Gasteiger partial charge in [0.1, 0.15) is 12.1 Å². The fourth-order valence-corrected chi connectivity index (χ4v) is 2.24. The molecule has 6 nitrogen and oxygen atoms in total. The second-order valence-electron chi connectivity index (χ2n) is 5.02. The summed E-state index contributed by atoms with van der Waals surface area (Å²) in [6.45, 7) is 0.443. The summed E-state index contributed by atoms with van der Waals surface area (Å²) in [7, 11) is 0. The average Bonchev–Trinajstić information content (AvgIpc) is 2.85. The number of hydrogen-bond donors (Lipinski definition) is 3. The molecule has 0 aromatic rings. The van der Waals surface area contributed by atoms with E-state index in [4.69, 9.17) is 22.0 Å². The molecule has 0 spiro atoms. The van der Waals surface area contributed by atoms with Crippen molar-refractivity contribution in [2.45, 2.75) is 50.7 Å². The van der Waals surface area contributed by atoms with Crippen LogP contribution in [0.15, 0.2) is 0 Å². The lowest BCUT2D eigenvalue weighted by molar-refractivity contribution is -0.138. The highest BCUT2D eigenvalue weighted by Crippen LogP contribution is 2.27. The summed E-state index contributed by atoms with van der Waals surface area (Å²) >= 11 is 0. The number of unbranched alkanes of at least 4 members (excludes halogenated alkanes) is 1. The zero-order chi connectivity index (χ0) is 15.0. The number of carbonyl (C=O) groups is 2. The van der Waals surface area contributed by atoms with Crippen molar-refractivity contribution in [3.05, 3.63) is 0 Å². The molecule has 0 saturated heterocycles. The van der Waals surface area contributed by atoms with Crippen LogP contribution in [0, 0.1) is 18.3 Å². The van der Waals surface area contributed by atoms with Crippen LogP contribution in [0.2, 0.25) is 0 Å². The van der Waals surface area contributed by atoms with Crippen molar-refractivity contribution in [2.24, 2.45) is 11.7 Å². The molecule has 0 heterocycles. The van der Waals surface area contributed by atoms with E-state index in [-0.39, 0.29) is 12.0 Å². The number of nitrogens with two attached hydrogens (primary N) is 1. The number of carboxylic acid groups (broad SMARTS) is 1. The first-order valence-corrected chi connectivity index (χ1v) is 6.93. The number of hydrogen-bond acceptors (Lipinski definition) is 4. The minimum atomic E-state index is -1.00. The summed E-state index contributed by atoms with van der Waals surface area (Å²) in [5.41, 5.74) is 5.37. The highest BCUT2D eigenvalue weighted by atomic mass is 16.6. The molecule has 4 N–H and O–H groups in total. The summed E-state index contributed by atoms with van der Waals surface area (Å²) < 4.78 is 5.27. The highest BCUT2D eigenvalue weighted by Gasteiger charge is 2.28. The average molecular weight is 282 g/mol. The van der Waals surface area contributed by atoms with Crippen LogP contribution in [0.1, 0.15) is 38.5 Å². The van der Waals surface area contributed by atoms with Crippen LogP contribution in [0.25, 0.3) is 0 Å². The summed E-state index contributed by atoms with van der Waals surface area (Å²) in [4.78, 5) is 22.0. The molecule has 0 aliphatic heterocycles. The maximum absolute atomic E-state index is 11.5. The molecule has 1 fully saturated rings. The Morgan fingerprint density at radius 1 is 1.45 bits per heavy atom. The summed E-state index contributed by atoms with van der Waals surface area (Å²) in [6.07, 6.45) is 9.14. The number of carbonyl (C=O) groups excluding carboxylic acids is 1. The predicted molar refractivity (Wildman–Crippen MR) is 73.9 cm³/mol. The van der Waals surface area contributed by atoms with E-state index in [1.807, 2.05) is 0 Å². The van der Waals surface area contributed by atoms with Gasteiger partial charge in [-0.3, -0.25) is 4.79 Å². The van der Waals surface area contributed by atoms with E-state index < -0.39 is 18.1 Å². The molecule has 1 rings (SSSR count). The van der Waals surface area contributed by atoms with Crippen molar-refractivity contribution < 1.29 is 19.4 Å². The molecule has 6 heteroatoms. The van der Waals surface area contributed by atoms with Gasteiger partial charge in [0.25, 0.3) is 0 Å². The monoisotopic (exact) mass is 282 g/mol. The zero-order valence-electron chi connectivity index (χ0n) is 11.5. The van der Waals surface area contributed by atoms with Crippen LogP contribution >= 0.6 is 0 Å². The van der Waals surface area contributed by atoms with Gasteiger partial charge in [0.15, 0.2) is 0 Å². The van der Waals surface area contributed by atoms with Crippen LogP contribution in [-0.2, 0) is 9.53 Å². The lowest BCUT2D eigenvalue weighted by atomic mass is 10.1. The molecule has 1 saturated carbocycles. The molecule has 112 valence electrons. The number of nitrogens with one attached hydrogen (secondary N) is 1. The molecule has 0 aromatic heterocycles. The standard InChI is InChI=1S/C14H22N2O4/c1-2-10-6-5-8-12(10)20-14(19)16-9-4-3-7-11(15)13(17)18/h1,10-12H,3-9,15H2,(H,16,19)(H,17,18). The number of alkyl carbamates (subject to hydrolysis) is 1. The quantitative estimate of drug-likeness (QED) is 0.479. The van der Waals surface area contributed by atoms with Crippen molar-refractivity contribution in [3.8, 4) is 12.3 Å². The predicted octanol–water partition coefficient (Wildman–Crippen LogP) is 1.10. The van der Waals surface area contributed by atoms with Gasteiger partial charge in [0.05, 0.1) is 5.92 Å². The Bertz CT molecular complexity index is 378. The number of terminal acetylenes is 1. The maximum Gasteiger partial charge on any atom is 0.407 e. The van der Waals surface area contributed by atoms with E-state index >= 15 is 0 Å². The van der Waals surface area contributed by atoms with Gasteiger partial charge < -0.3 is 20.9 Å². The molecule has 1 aliphatic carbocycles. The Morgan fingerprint density at radius 3 is 2.85 bits per heavy atom. The van der Waals surface area contributed by atoms with E-state index in [0.717, 1.165) is 19.3 Å². The van der Waals surface area contributed by atoms with E-state index in [9.17, 15) is 9.59 Å². The minimum Gasteiger partial charge on any atom is -0.480 e. The van der Waals surface area contributed by atoms with E-state index in [1.54, 1.807) is 0 Å². The number of carboxylic acids is 1. The summed E-state index contributed by atoms with van der Waals surface area (Å²) in [5.74, 6) is 1.67. The molecular weight excluding hydrogens is 260 g/mol. The maximum atomic E-state index is 11.5. The van der Waals surface area contributed by atoms with Gasteiger partial charge in [-0.15, -0.1) is 6.42 Å². The molecule has 0 aromatic carbocycles. The minimum absolute atomic E-state index is 0.0225. The molecule has 3 unspecified atom stereocenters. The third-order valence-corrected chi connectivity index (χ3v) is 3.45. The SMILES string of the molecule is C#CC1CCCC1OC(=O)NCCCCC(N)C(=O)O. The number of amides is 1. The summed E-state index contributed by atoms with van der Waals surface area (Å²) in [5, 5.41) is 11.2. The molecule has 1 aliphatic rings. The van der Waals surface area contributed by atoms with Crippen molar-refractivity contribution >= 4 is 12.1 Å². The van der Waals surface area contributed by atoms with Gasteiger partial charge in [-0.25, -0.2) is 4.79 Å². The first-order valence-electron chi connectivity index (χ1n) is 6.93. The largest absolute Gasteiger partial charge is 0.480 e. The van der Waals surface area contributed by atoms with Crippen LogP contribution in [0.3, 0.4) is 0 Å². The van der Waals surface area contributed by atoms with E-state index in [0.29, 0.717) is 25.8 Å². The molecule has 1 amide bonds. The van der Waals surface area contributed by atoms with Crippen LogP contribution in [0.4, 0.5) is 4.79 Å². The lowest BCUT2D eigenvalue weighted by Crippen LogP contribution is -2.32. The van der Waals surface area contributed by atoms with Gasteiger partial charge >= 0.3 is 12.1 Å². The fraction of sp³-hybridized carbons (Fsp3) is 0.714. The molecule has 3 atom stereocenters. The first-order chi connectivity index (χ1) is 9.54. The van der Waals surface area contributed by atoms with E-state index in [2.05, 4.69) is 11.2 Å². The number of aliphatic carboxylic acids is 1. The Kier molecular flexibility index (Phi) is 6.88. The fourth-order valence-electron chi connectivity index (χ4n) is 2.24. The van der Waals surface area contributed by atoms with Gasteiger partial charge in [-0.2, -0.15) is 0 Å². The van der Waals surface area contributed by atoms with Crippen LogP contribution in [0.5, 0.6) is 0 Å². The number of ether oxygens (including phenoxy) is 1. The Morgan fingerprint density at radius 2 is 2.20 bits per heavy atom. The normalized spacial score (nSPS) is 22.8. The summed E-state index contributed by atoms with van der Waals surface area (Å²) in [6, 6.07) is -0.836. The van der Waals surface area contributed by atoms with Crippen LogP contribution in [-0.4, -0.2) is 35.9 Å². The second-order valence-corrected chi connectivity index (χ2v) is 5.02. The first kappa shape index (κ1) is 16.3. The van der Waals surface area contributed by atoms with Gasteiger partial charge in [0.2, 0.25) is 0 Å². The molecule has 0 radical (unpaired) electrons. The topological polar surface area (TPSA) is 102 Å². The molecule has 0 bridgehead atoms. The smallest absolute Gasteiger partial charge is 0.407 e. The lowest BCUT2D eigenvalue weighted by Gasteiger charge is -2.16. The Labute approximate surface area is 119 Å². The number of rotatable bonds is 7. The van der Waals surface area contributed by atoms with Gasteiger partial charge in [0, 0.05) is 6.54 Å². The van der Waals surface area contributed by atoms with Crippen molar-refractivity contribution in [3.63, 3.8) is 0 Å². The molecular formula is C14H22N2O4. The van der Waals surface area contributed by atoms with Crippen LogP contribution < -0.4 is 11.1 Å². The third kappa shape index (κ3) is 5.49. The van der Waals surface area contributed by atoms with Gasteiger partial charge in [-0.05, 0) is 38.5 Å². The third-order valence-electron chi connectivity index (χ3n) is 3.45. The zero-order valence-corrected chi connectivity index (χ0v) is 11.5. The molecule has 20 heavy (non-hydrogen) atoms. The Hall–Kier alpha value is -1.74. The highest BCUT2D eigenvalue weighted by molar-refractivity contribution is 5.72. The Balaban J connectivity index is 2.09. The van der Waals surface area contributed by atoms with Crippen molar-refractivity contribution in [1.82, 2.24) is 5.32 Å².